The Hall–Kier alpha value is -0.810. The maximum atomic E-state index is 11.1. The topological polar surface area (TPSA) is 59.6 Å². The second-order valence-corrected chi connectivity index (χ2v) is 3.45. The van der Waals surface area contributed by atoms with Crippen LogP contribution in [0.2, 0.25) is 0 Å². The molecule has 0 bridgehead atoms. The van der Waals surface area contributed by atoms with Crippen LogP contribution in [0.15, 0.2) is 0 Å². The highest BCUT2D eigenvalue weighted by Crippen LogP contribution is 2.18. The molecule has 1 unspecified atom stereocenters. The van der Waals surface area contributed by atoms with Crippen LogP contribution in [-0.4, -0.2) is 31.4 Å². The molecule has 0 aromatic heterocycles. The van der Waals surface area contributed by atoms with Gasteiger partial charge in [0.2, 0.25) is 0 Å². The van der Waals surface area contributed by atoms with Gasteiger partial charge in [0.05, 0.1) is 6.61 Å². The van der Waals surface area contributed by atoms with E-state index in [1.807, 2.05) is 0 Å². The van der Waals surface area contributed by atoms with Gasteiger partial charge >= 0.3 is 6.03 Å². The third-order valence-corrected chi connectivity index (χ3v) is 2.12. The predicted octanol–water partition coefficient (Wildman–Crippen LogP) is 0.168. The molecule has 1 atom stereocenters. The lowest BCUT2D eigenvalue weighted by Crippen LogP contribution is -2.39. The molecular formula is C8H14N2O3. The van der Waals surface area contributed by atoms with E-state index in [0.29, 0.717) is 12.6 Å². The number of amides is 2. The summed E-state index contributed by atoms with van der Waals surface area (Å²) < 4.78 is 5.09. The molecule has 74 valence electrons. The first kappa shape index (κ1) is 8.77. The summed E-state index contributed by atoms with van der Waals surface area (Å²) in [6.07, 6.45) is 3.04. The van der Waals surface area contributed by atoms with Crippen molar-refractivity contribution in [2.24, 2.45) is 0 Å². The number of hydrogen-bond donors (Lipinski definition) is 2. The summed E-state index contributed by atoms with van der Waals surface area (Å²) >= 11 is 0. The standard InChI is InChI=1S/C8H14N2O3/c11-8(9-6-1-2-6)10-13-7-3-4-12-5-7/h6-7H,1-5H2,(H2,9,10,11). The van der Waals surface area contributed by atoms with Gasteiger partial charge in [-0.25, -0.2) is 10.3 Å². The lowest BCUT2D eigenvalue weighted by atomic mass is 10.3. The number of ether oxygens (including phenoxy) is 1. The fraction of sp³-hybridized carbons (Fsp3) is 0.875. The largest absolute Gasteiger partial charge is 0.379 e. The van der Waals surface area contributed by atoms with Gasteiger partial charge in [-0.3, -0.25) is 4.84 Å². The summed E-state index contributed by atoms with van der Waals surface area (Å²) in [7, 11) is 0. The lowest BCUT2D eigenvalue weighted by Gasteiger charge is -2.10. The first-order valence-corrected chi connectivity index (χ1v) is 4.64. The molecule has 0 aromatic carbocycles. The molecule has 5 heteroatoms. The number of nitrogens with one attached hydrogen (secondary N) is 2. The van der Waals surface area contributed by atoms with E-state index >= 15 is 0 Å². The minimum absolute atomic E-state index is 0.0185. The van der Waals surface area contributed by atoms with Crippen molar-refractivity contribution < 1.29 is 14.4 Å². The predicted molar refractivity (Wildman–Crippen MR) is 45.0 cm³/mol. The molecule has 0 aromatic rings. The second kappa shape index (κ2) is 3.93. The molecule has 13 heavy (non-hydrogen) atoms. The molecule has 1 aliphatic carbocycles. The van der Waals surface area contributed by atoms with E-state index in [1.54, 1.807) is 0 Å². The van der Waals surface area contributed by atoms with Crippen LogP contribution >= 0.6 is 0 Å². The number of hydroxylamine groups is 1. The molecule has 0 radical (unpaired) electrons. The van der Waals surface area contributed by atoms with E-state index < -0.39 is 0 Å². The van der Waals surface area contributed by atoms with Crippen molar-refractivity contribution in [2.75, 3.05) is 13.2 Å². The van der Waals surface area contributed by atoms with Crippen LogP contribution in [0.3, 0.4) is 0 Å². The molecule has 2 fully saturated rings. The van der Waals surface area contributed by atoms with Gasteiger partial charge in [0, 0.05) is 19.1 Å². The van der Waals surface area contributed by atoms with Crippen LogP contribution in [-0.2, 0) is 9.57 Å². The van der Waals surface area contributed by atoms with Crippen molar-refractivity contribution in [3.8, 4) is 0 Å². The highest BCUT2D eigenvalue weighted by molar-refractivity contribution is 5.73. The Morgan fingerprint density at radius 1 is 1.38 bits per heavy atom. The van der Waals surface area contributed by atoms with Gasteiger partial charge in [0.25, 0.3) is 0 Å². The van der Waals surface area contributed by atoms with Gasteiger partial charge in [0.1, 0.15) is 6.10 Å². The van der Waals surface area contributed by atoms with E-state index in [9.17, 15) is 4.79 Å². The molecule has 2 rings (SSSR count). The maximum absolute atomic E-state index is 11.1. The summed E-state index contributed by atoms with van der Waals surface area (Å²) in [6, 6.07) is 0.123. The molecule has 1 saturated heterocycles. The Morgan fingerprint density at radius 3 is 2.85 bits per heavy atom. The lowest BCUT2D eigenvalue weighted by molar-refractivity contribution is -0.00818. The smallest absolute Gasteiger partial charge is 0.338 e. The number of carbonyl (C=O) groups is 1. The van der Waals surface area contributed by atoms with Crippen LogP contribution in [0.5, 0.6) is 0 Å². The molecule has 2 aliphatic rings. The van der Waals surface area contributed by atoms with Crippen LogP contribution in [0.4, 0.5) is 4.79 Å². The highest BCUT2D eigenvalue weighted by atomic mass is 16.7. The zero-order valence-corrected chi connectivity index (χ0v) is 7.41. The zero-order chi connectivity index (χ0) is 9.10. The van der Waals surface area contributed by atoms with Crippen LogP contribution < -0.4 is 10.8 Å². The van der Waals surface area contributed by atoms with Crippen LogP contribution in [0.1, 0.15) is 19.3 Å². The summed E-state index contributed by atoms with van der Waals surface area (Å²) in [4.78, 5) is 16.2. The molecule has 2 N–H and O–H groups in total. The maximum Gasteiger partial charge on any atom is 0.338 e. The second-order valence-electron chi connectivity index (χ2n) is 3.45. The minimum atomic E-state index is -0.241. The van der Waals surface area contributed by atoms with Gasteiger partial charge in [-0.15, -0.1) is 0 Å². The van der Waals surface area contributed by atoms with E-state index in [-0.39, 0.29) is 12.1 Å². The molecular weight excluding hydrogens is 172 g/mol. The molecule has 1 aliphatic heterocycles. The summed E-state index contributed by atoms with van der Waals surface area (Å²) in [5.41, 5.74) is 2.37. The van der Waals surface area contributed by atoms with Crippen molar-refractivity contribution in [1.82, 2.24) is 10.8 Å². The average molecular weight is 186 g/mol. The SMILES string of the molecule is O=C(NOC1CCOC1)NC1CC1. The number of carbonyl (C=O) groups excluding carboxylic acids is 1. The summed E-state index contributed by atoms with van der Waals surface area (Å²) in [5.74, 6) is 0. The Bertz CT molecular complexity index is 188. The third-order valence-electron chi connectivity index (χ3n) is 2.12. The van der Waals surface area contributed by atoms with Gasteiger partial charge in [-0.2, -0.15) is 0 Å². The Balaban J connectivity index is 1.57. The van der Waals surface area contributed by atoms with Crippen molar-refractivity contribution in [3.05, 3.63) is 0 Å². The van der Waals surface area contributed by atoms with E-state index in [4.69, 9.17) is 9.57 Å². The van der Waals surface area contributed by atoms with Crippen LogP contribution in [0, 0.1) is 0 Å². The molecule has 2 amide bonds. The average Bonchev–Trinajstić information content (AvgIpc) is 2.78. The van der Waals surface area contributed by atoms with E-state index in [1.165, 1.54) is 0 Å². The summed E-state index contributed by atoms with van der Waals surface area (Å²) in [5, 5.41) is 2.76. The van der Waals surface area contributed by atoms with Gasteiger partial charge in [0.15, 0.2) is 0 Å². The van der Waals surface area contributed by atoms with E-state index in [2.05, 4.69) is 10.8 Å². The van der Waals surface area contributed by atoms with Crippen molar-refractivity contribution in [3.63, 3.8) is 0 Å². The van der Waals surface area contributed by atoms with Crippen molar-refractivity contribution in [1.29, 1.82) is 0 Å². The Kier molecular flexibility index (Phi) is 2.65. The number of hydrogen-bond acceptors (Lipinski definition) is 3. The van der Waals surface area contributed by atoms with Gasteiger partial charge in [-0.1, -0.05) is 0 Å². The Labute approximate surface area is 76.7 Å². The fourth-order valence-electron chi connectivity index (χ4n) is 1.19. The zero-order valence-electron chi connectivity index (χ0n) is 7.41. The van der Waals surface area contributed by atoms with E-state index in [0.717, 1.165) is 25.9 Å². The molecule has 1 saturated carbocycles. The first-order chi connectivity index (χ1) is 6.34. The highest BCUT2D eigenvalue weighted by Gasteiger charge is 2.24. The van der Waals surface area contributed by atoms with Crippen LogP contribution in [0.25, 0.3) is 0 Å². The van der Waals surface area contributed by atoms with Crippen molar-refractivity contribution >= 4 is 6.03 Å². The van der Waals surface area contributed by atoms with Gasteiger partial charge in [-0.05, 0) is 12.8 Å². The number of urea groups is 1. The summed E-state index contributed by atoms with van der Waals surface area (Å²) in [6.45, 7) is 1.29. The van der Waals surface area contributed by atoms with Crippen molar-refractivity contribution in [2.45, 2.75) is 31.4 Å². The minimum Gasteiger partial charge on any atom is -0.379 e. The quantitative estimate of drug-likeness (QED) is 0.618. The Morgan fingerprint density at radius 2 is 2.23 bits per heavy atom. The monoisotopic (exact) mass is 186 g/mol. The number of rotatable bonds is 3. The molecule has 5 nitrogen and oxygen atoms in total. The normalized spacial score (nSPS) is 27.2. The fourth-order valence-corrected chi connectivity index (χ4v) is 1.19. The third kappa shape index (κ3) is 2.86. The molecule has 1 heterocycles. The first-order valence-electron chi connectivity index (χ1n) is 4.64. The van der Waals surface area contributed by atoms with Gasteiger partial charge < -0.3 is 10.1 Å². The molecule has 0 spiro atoms.